The second-order valence-corrected chi connectivity index (χ2v) is 20.8. The van der Waals surface area contributed by atoms with Crippen LogP contribution in [0.2, 0.25) is 38.3 Å². The monoisotopic (exact) mass is 604 g/mol. The minimum Gasteiger partial charge on any atom is -0.494 e. The highest BCUT2D eigenvalue weighted by atomic mass is 28.4. The van der Waals surface area contributed by atoms with Gasteiger partial charge in [0, 0.05) is 0 Å². The van der Waals surface area contributed by atoms with E-state index in [1.165, 1.54) is 0 Å². The van der Waals surface area contributed by atoms with Gasteiger partial charge in [-0.2, -0.15) is 10.5 Å². The lowest BCUT2D eigenvalue weighted by molar-refractivity contribution is 0.312. The first-order valence-corrected chi connectivity index (χ1v) is 21.1. The van der Waals surface area contributed by atoms with E-state index in [0.717, 1.165) is 58.7 Å². The predicted octanol–water partition coefficient (Wildman–Crippen LogP) is 9.43. The molecule has 4 aromatic carbocycles. The Morgan fingerprint density at radius 3 is 1.09 bits per heavy atom. The summed E-state index contributed by atoms with van der Waals surface area (Å²) in [6, 6.07) is 37.9. The van der Waals surface area contributed by atoms with Crippen molar-refractivity contribution < 1.29 is 13.6 Å². The SMILES string of the molecule is C[Si](C)(CCCOc1ccc(-c2ccc(C#N)cc2)cc1)O[Si](C)(C)CCCOc1ccc(-c2ccc(C#N)cc2)cc1. The molecule has 0 aliphatic rings. The van der Waals surface area contributed by atoms with Crippen molar-refractivity contribution in [3.63, 3.8) is 0 Å². The van der Waals surface area contributed by atoms with E-state index in [1.54, 1.807) is 0 Å². The zero-order chi connectivity index (χ0) is 30.7. The van der Waals surface area contributed by atoms with Crippen LogP contribution in [0.5, 0.6) is 11.5 Å². The van der Waals surface area contributed by atoms with Gasteiger partial charge in [-0.25, -0.2) is 0 Å². The normalized spacial score (nSPS) is 11.4. The topological polar surface area (TPSA) is 75.3 Å². The second-order valence-electron chi connectivity index (χ2n) is 12.0. The van der Waals surface area contributed by atoms with Crippen LogP contribution in [0.25, 0.3) is 22.3 Å². The molecule has 0 heterocycles. The van der Waals surface area contributed by atoms with Crippen LogP contribution in [-0.4, -0.2) is 29.8 Å². The van der Waals surface area contributed by atoms with Crippen LogP contribution in [0.4, 0.5) is 0 Å². The molecule has 0 bridgehead atoms. The molecule has 0 aliphatic carbocycles. The largest absolute Gasteiger partial charge is 0.494 e. The summed E-state index contributed by atoms with van der Waals surface area (Å²) in [5.41, 5.74) is 5.72. The van der Waals surface area contributed by atoms with Gasteiger partial charge in [-0.05, 0) is 122 Å². The standard InChI is InChI=1S/C36H40N2O3Si2/c1-42(2,25-5-23-39-35-19-15-33(16-20-35)31-11-7-29(27-37)8-12-31)41-43(3,4)26-6-24-40-36-21-17-34(18-22-36)32-13-9-30(28-38)10-14-32/h7-22H,5-6,23-26H2,1-4H3. The van der Waals surface area contributed by atoms with Crippen molar-refractivity contribution in [2.24, 2.45) is 0 Å². The Hall–Kier alpha value is -4.15. The van der Waals surface area contributed by atoms with Gasteiger partial charge in [0.25, 0.3) is 0 Å². The zero-order valence-corrected chi connectivity index (χ0v) is 27.6. The van der Waals surface area contributed by atoms with Gasteiger partial charge >= 0.3 is 0 Å². The summed E-state index contributed by atoms with van der Waals surface area (Å²) in [5.74, 6) is 1.74. The molecule has 4 rings (SSSR count). The van der Waals surface area contributed by atoms with E-state index in [0.29, 0.717) is 24.3 Å². The Bertz CT molecular complexity index is 1420. The summed E-state index contributed by atoms with van der Waals surface area (Å²) in [7, 11) is -3.61. The maximum absolute atomic E-state index is 8.99. The number of benzene rings is 4. The van der Waals surface area contributed by atoms with Gasteiger partial charge in [0.15, 0.2) is 16.6 Å². The second kappa shape index (κ2) is 14.8. The van der Waals surface area contributed by atoms with Crippen molar-refractivity contribution in [2.45, 2.75) is 51.1 Å². The Labute approximate surface area is 258 Å². The number of rotatable bonds is 14. The number of ether oxygens (including phenoxy) is 2. The van der Waals surface area contributed by atoms with Gasteiger partial charge in [-0.15, -0.1) is 0 Å². The van der Waals surface area contributed by atoms with E-state index in [9.17, 15) is 0 Å². The lowest BCUT2D eigenvalue weighted by Gasteiger charge is -2.34. The first-order valence-electron chi connectivity index (χ1n) is 14.8. The van der Waals surface area contributed by atoms with Crippen molar-refractivity contribution in [3.05, 3.63) is 108 Å². The van der Waals surface area contributed by atoms with Gasteiger partial charge in [-0.1, -0.05) is 48.5 Å². The van der Waals surface area contributed by atoms with Crippen LogP contribution >= 0.6 is 0 Å². The van der Waals surface area contributed by atoms with Crippen LogP contribution in [0, 0.1) is 22.7 Å². The molecular formula is C36H40N2O3Si2. The molecule has 0 fully saturated rings. The highest BCUT2D eigenvalue weighted by molar-refractivity contribution is 6.84. The van der Waals surface area contributed by atoms with Crippen molar-refractivity contribution >= 4 is 16.6 Å². The summed E-state index contributed by atoms with van der Waals surface area (Å²) in [5, 5.41) is 18.0. The van der Waals surface area contributed by atoms with Gasteiger partial charge in [0.05, 0.1) is 36.5 Å². The summed E-state index contributed by atoms with van der Waals surface area (Å²) in [6.45, 7) is 10.6. The van der Waals surface area contributed by atoms with Crippen LogP contribution in [0.1, 0.15) is 24.0 Å². The number of hydrogen-bond donors (Lipinski definition) is 0. The Balaban J connectivity index is 1.14. The Kier molecular flexibility index (Phi) is 11.0. The molecule has 220 valence electrons. The predicted molar refractivity (Wildman–Crippen MR) is 179 cm³/mol. The molecule has 0 spiro atoms. The van der Waals surface area contributed by atoms with Crippen LogP contribution < -0.4 is 9.47 Å². The Morgan fingerprint density at radius 2 is 0.791 bits per heavy atom. The molecule has 0 atom stereocenters. The van der Waals surface area contributed by atoms with E-state index in [-0.39, 0.29) is 0 Å². The van der Waals surface area contributed by atoms with E-state index >= 15 is 0 Å². The molecule has 0 radical (unpaired) electrons. The summed E-state index contributed by atoms with van der Waals surface area (Å²) >= 11 is 0. The maximum Gasteiger partial charge on any atom is 0.173 e. The molecule has 4 aromatic rings. The van der Waals surface area contributed by atoms with Crippen molar-refractivity contribution in [1.82, 2.24) is 0 Å². The molecule has 0 unspecified atom stereocenters. The minimum absolute atomic E-state index is 0.666. The molecule has 0 saturated carbocycles. The van der Waals surface area contributed by atoms with Gasteiger partial charge in [0.1, 0.15) is 11.5 Å². The van der Waals surface area contributed by atoms with Crippen molar-refractivity contribution in [1.29, 1.82) is 10.5 Å². The van der Waals surface area contributed by atoms with E-state index in [2.05, 4.69) is 62.6 Å². The molecule has 0 N–H and O–H groups in total. The summed E-state index contributed by atoms with van der Waals surface area (Å²) < 4.78 is 18.9. The fourth-order valence-electron chi connectivity index (χ4n) is 5.19. The van der Waals surface area contributed by atoms with Crippen LogP contribution in [0.3, 0.4) is 0 Å². The maximum atomic E-state index is 8.99. The summed E-state index contributed by atoms with van der Waals surface area (Å²) in [6.07, 6.45) is 1.95. The zero-order valence-electron chi connectivity index (χ0n) is 25.6. The van der Waals surface area contributed by atoms with Crippen molar-refractivity contribution in [2.75, 3.05) is 13.2 Å². The molecule has 5 nitrogen and oxygen atoms in total. The van der Waals surface area contributed by atoms with E-state index < -0.39 is 16.6 Å². The van der Waals surface area contributed by atoms with Crippen molar-refractivity contribution in [3.8, 4) is 45.9 Å². The first kappa shape index (κ1) is 31.8. The van der Waals surface area contributed by atoms with E-state index in [1.807, 2.05) is 72.8 Å². The highest BCUT2D eigenvalue weighted by Gasteiger charge is 2.32. The quantitative estimate of drug-likeness (QED) is 0.106. The minimum atomic E-state index is -1.81. The molecular weight excluding hydrogens is 565 g/mol. The third-order valence-electron chi connectivity index (χ3n) is 7.34. The molecule has 7 heteroatoms. The Morgan fingerprint density at radius 1 is 0.488 bits per heavy atom. The number of nitriles is 2. The highest BCUT2D eigenvalue weighted by Crippen LogP contribution is 2.27. The molecule has 0 saturated heterocycles. The molecule has 0 aromatic heterocycles. The summed E-state index contributed by atoms with van der Waals surface area (Å²) in [4.78, 5) is 0. The molecule has 0 amide bonds. The van der Waals surface area contributed by atoms with E-state index in [4.69, 9.17) is 24.1 Å². The average Bonchev–Trinajstić information content (AvgIpc) is 3.02. The lowest BCUT2D eigenvalue weighted by Crippen LogP contribution is -2.44. The smallest absolute Gasteiger partial charge is 0.173 e. The third kappa shape index (κ3) is 9.97. The fourth-order valence-corrected chi connectivity index (χ4v) is 14.0. The van der Waals surface area contributed by atoms with Crippen LogP contribution in [-0.2, 0) is 4.12 Å². The molecule has 43 heavy (non-hydrogen) atoms. The van der Waals surface area contributed by atoms with Gasteiger partial charge < -0.3 is 13.6 Å². The van der Waals surface area contributed by atoms with Gasteiger partial charge in [0.2, 0.25) is 0 Å². The number of hydrogen-bond acceptors (Lipinski definition) is 5. The molecule has 0 aliphatic heterocycles. The number of nitrogens with zero attached hydrogens (tertiary/aromatic N) is 2. The first-order chi connectivity index (χ1) is 20.7. The third-order valence-corrected chi connectivity index (χ3v) is 14.9. The van der Waals surface area contributed by atoms with Crippen LogP contribution in [0.15, 0.2) is 97.1 Å². The lowest BCUT2D eigenvalue weighted by atomic mass is 10.0. The fraction of sp³-hybridized carbons (Fsp3) is 0.278. The average molecular weight is 605 g/mol. The van der Waals surface area contributed by atoms with Gasteiger partial charge in [-0.3, -0.25) is 0 Å².